The van der Waals surface area contributed by atoms with Gasteiger partial charge in [0.05, 0.1) is 16.9 Å². The molecule has 4 aromatic rings. The number of aromatic amines is 1. The van der Waals surface area contributed by atoms with Crippen LogP contribution in [0, 0.1) is 20.8 Å². The van der Waals surface area contributed by atoms with Crippen LogP contribution in [0.5, 0.6) is 0 Å². The lowest BCUT2D eigenvalue weighted by Crippen LogP contribution is -2.12. The molecule has 0 aliphatic rings. The van der Waals surface area contributed by atoms with Crippen LogP contribution in [0.1, 0.15) is 16.8 Å². The third-order valence-electron chi connectivity index (χ3n) is 4.43. The van der Waals surface area contributed by atoms with Gasteiger partial charge >= 0.3 is 0 Å². The van der Waals surface area contributed by atoms with Crippen LogP contribution in [0.3, 0.4) is 0 Å². The van der Waals surface area contributed by atoms with E-state index in [2.05, 4.69) is 31.3 Å². The number of nitrogens with zero attached hydrogens (tertiary/aromatic N) is 3. The van der Waals surface area contributed by atoms with Gasteiger partial charge in [-0.15, -0.1) is 0 Å². The van der Waals surface area contributed by atoms with E-state index in [1.165, 1.54) is 6.07 Å². The molecule has 4 rings (SSSR count). The third kappa shape index (κ3) is 3.42. The highest BCUT2D eigenvalue weighted by Crippen LogP contribution is 2.22. The topological polar surface area (TPSA) is 83.6 Å². The average molecular weight is 357 g/mol. The molecule has 27 heavy (non-hydrogen) atoms. The standard InChI is InChI=1S/C21H19N5O/c1-12-8-9-17-16(10-12)14(3)22-20(23-17)26-21-24-18(11-19(27)25-21)15-7-5-4-6-13(15)2/h4-11H,1-3H3,(H2,22,23,24,25,26,27). The molecule has 0 fully saturated rings. The molecule has 0 radical (unpaired) electrons. The minimum Gasteiger partial charge on any atom is -0.294 e. The monoisotopic (exact) mass is 357 g/mol. The number of H-pyrrole nitrogens is 1. The van der Waals surface area contributed by atoms with E-state index in [0.717, 1.165) is 33.3 Å². The lowest BCUT2D eigenvalue weighted by molar-refractivity contribution is 1.08. The van der Waals surface area contributed by atoms with E-state index in [1.807, 2.05) is 57.2 Å². The average Bonchev–Trinajstić information content (AvgIpc) is 2.62. The van der Waals surface area contributed by atoms with Crippen LogP contribution in [0.2, 0.25) is 0 Å². The maximum absolute atomic E-state index is 12.1. The summed E-state index contributed by atoms with van der Waals surface area (Å²) in [6.07, 6.45) is 0. The molecule has 0 spiro atoms. The van der Waals surface area contributed by atoms with Crippen LogP contribution in [0.4, 0.5) is 11.9 Å². The summed E-state index contributed by atoms with van der Waals surface area (Å²) in [7, 11) is 0. The van der Waals surface area contributed by atoms with Crippen LogP contribution in [0.25, 0.3) is 22.2 Å². The molecule has 6 nitrogen and oxygen atoms in total. The molecule has 6 heteroatoms. The van der Waals surface area contributed by atoms with E-state index in [9.17, 15) is 4.79 Å². The summed E-state index contributed by atoms with van der Waals surface area (Å²) < 4.78 is 0. The minimum absolute atomic E-state index is 0.237. The van der Waals surface area contributed by atoms with E-state index in [4.69, 9.17) is 0 Å². The number of hydrogen-bond donors (Lipinski definition) is 2. The molecule has 2 aromatic heterocycles. The van der Waals surface area contributed by atoms with Gasteiger partial charge in [0.15, 0.2) is 0 Å². The van der Waals surface area contributed by atoms with Gasteiger partial charge in [-0.1, -0.05) is 35.9 Å². The molecule has 2 aromatic carbocycles. The van der Waals surface area contributed by atoms with E-state index in [1.54, 1.807) is 0 Å². The number of anilines is 2. The Labute approximate surface area is 156 Å². The molecular weight excluding hydrogens is 338 g/mol. The second-order valence-corrected chi connectivity index (χ2v) is 6.57. The summed E-state index contributed by atoms with van der Waals surface area (Å²) in [4.78, 5) is 28.4. The largest absolute Gasteiger partial charge is 0.294 e. The van der Waals surface area contributed by atoms with Gasteiger partial charge in [-0.2, -0.15) is 0 Å². The van der Waals surface area contributed by atoms with Crippen molar-refractivity contribution in [1.29, 1.82) is 0 Å². The van der Waals surface area contributed by atoms with Gasteiger partial charge in [0.1, 0.15) is 0 Å². The van der Waals surface area contributed by atoms with Crippen LogP contribution in [-0.4, -0.2) is 19.9 Å². The molecule has 2 N–H and O–H groups in total. The summed E-state index contributed by atoms with van der Waals surface area (Å²) in [6.45, 7) is 5.97. The predicted molar refractivity (Wildman–Crippen MR) is 107 cm³/mol. The molecule has 0 atom stereocenters. The van der Waals surface area contributed by atoms with E-state index < -0.39 is 0 Å². The van der Waals surface area contributed by atoms with Crippen molar-refractivity contribution in [3.8, 4) is 11.3 Å². The number of nitrogens with one attached hydrogen (secondary N) is 2. The summed E-state index contributed by atoms with van der Waals surface area (Å²) in [5, 5.41) is 4.04. The van der Waals surface area contributed by atoms with Crippen molar-refractivity contribution >= 4 is 22.8 Å². The van der Waals surface area contributed by atoms with Crippen LogP contribution >= 0.6 is 0 Å². The third-order valence-corrected chi connectivity index (χ3v) is 4.43. The van der Waals surface area contributed by atoms with Gasteiger partial charge in [-0.05, 0) is 38.5 Å². The van der Waals surface area contributed by atoms with E-state index in [0.29, 0.717) is 17.6 Å². The minimum atomic E-state index is -0.237. The van der Waals surface area contributed by atoms with Crippen LogP contribution in [0.15, 0.2) is 53.3 Å². The van der Waals surface area contributed by atoms with Gasteiger partial charge < -0.3 is 0 Å². The van der Waals surface area contributed by atoms with Crippen molar-refractivity contribution in [2.45, 2.75) is 20.8 Å². The summed E-state index contributed by atoms with van der Waals surface area (Å²) in [5.74, 6) is 0.709. The maximum Gasteiger partial charge on any atom is 0.252 e. The highest BCUT2D eigenvalue weighted by Gasteiger charge is 2.09. The first-order valence-corrected chi connectivity index (χ1v) is 8.69. The van der Waals surface area contributed by atoms with Crippen molar-refractivity contribution in [2.75, 3.05) is 5.32 Å². The normalized spacial score (nSPS) is 10.9. The lowest BCUT2D eigenvalue weighted by Gasteiger charge is -2.10. The quantitative estimate of drug-likeness (QED) is 0.578. The fourth-order valence-electron chi connectivity index (χ4n) is 3.07. The smallest absolute Gasteiger partial charge is 0.252 e. The number of hydrogen-bond acceptors (Lipinski definition) is 5. The number of benzene rings is 2. The first kappa shape index (κ1) is 16.9. The highest BCUT2D eigenvalue weighted by atomic mass is 16.1. The number of aryl methyl sites for hydroxylation is 3. The Balaban J connectivity index is 1.75. The van der Waals surface area contributed by atoms with E-state index in [-0.39, 0.29) is 5.56 Å². The lowest BCUT2D eigenvalue weighted by atomic mass is 10.1. The second kappa shape index (κ2) is 6.64. The molecule has 2 heterocycles. The first-order chi connectivity index (χ1) is 13.0. The maximum atomic E-state index is 12.1. The van der Waals surface area contributed by atoms with Crippen molar-refractivity contribution < 1.29 is 0 Å². The van der Waals surface area contributed by atoms with E-state index >= 15 is 0 Å². The Morgan fingerprint density at radius 3 is 2.56 bits per heavy atom. The van der Waals surface area contributed by atoms with Gasteiger partial charge in [0.2, 0.25) is 11.9 Å². The first-order valence-electron chi connectivity index (χ1n) is 8.69. The fourth-order valence-corrected chi connectivity index (χ4v) is 3.07. The zero-order chi connectivity index (χ0) is 19.0. The summed E-state index contributed by atoms with van der Waals surface area (Å²) in [5.41, 5.74) is 5.20. The molecule has 134 valence electrons. The van der Waals surface area contributed by atoms with Crippen LogP contribution in [-0.2, 0) is 0 Å². The second-order valence-electron chi connectivity index (χ2n) is 6.57. The molecule has 0 unspecified atom stereocenters. The van der Waals surface area contributed by atoms with Gasteiger partial charge in [-0.3, -0.25) is 15.1 Å². The number of fused-ring (bicyclic) bond motifs is 1. The summed E-state index contributed by atoms with van der Waals surface area (Å²) >= 11 is 0. The predicted octanol–water partition coefficient (Wildman–Crippen LogP) is 4.05. The van der Waals surface area contributed by atoms with Gasteiger partial charge in [-0.25, -0.2) is 15.0 Å². The molecule has 0 amide bonds. The van der Waals surface area contributed by atoms with Gasteiger partial charge in [0.25, 0.3) is 5.56 Å². The summed E-state index contributed by atoms with van der Waals surface area (Å²) in [6, 6.07) is 15.3. The Morgan fingerprint density at radius 1 is 0.926 bits per heavy atom. The van der Waals surface area contributed by atoms with Gasteiger partial charge in [0, 0.05) is 17.0 Å². The van der Waals surface area contributed by atoms with Crippen LogP contribution < -0.4 is 10.9 Å². The fraction of sp³-hybridized carbons (Fsp3) is 0.143. The van der Waals surface area contributed by atoms with Crippen molar-refractivity contribution in [1.82, 2.24) is 19.9 Å². The number of rotatable bonds is 3. The Kier molecular flexibility index (Phi) is 4.16. The number of aromatic nitrogens is 4. The van der Waals surface area contributed by atoms with Crippen molar-refractivity contribution in [3.63, 3.8) is 0 Å². The molecule has 0 aliphatic heterocycles. The van der Waals surface area contributed by atoms with Crippen molar-refractivity contribution in [2.24, 2.45) is 0 Å². The molecule has 0 saturated carbocycles. The molecule has 0 bridgehead atoms. The molecule has 0 saturated heterocycles. The van der Waals surface area contributed by atoms with Crippen molar-refractivity contribution in [3.05, 3.63) is 75.7 Å². The zero-order valence-electron chi connectivity index (χ0n) is 15.4. The SMILES string of the molecule is Cc1ccc2nc(Nc3nc(-c4ccccc4C)cc(=O)[nH]3)nc(C)c2c1. The Bertz CT molecular complexity index is 1210. The zero-order valence-corrected chi connectivity index (χ0v) is 15.4. The highest BCUT2D eigenvalue weighted by molar-refractivity contribution is 5.82. The molecule has 0 aliphatic carbocycles. The Hall–Kier alpha value is -3.54. The molecular formula is C21H19N5O. The Morgan fingerprint density at radius 2 is 1.74 bits per heavy atom.